The first kappa shape index (κ1) is 33.8. The van der Waals surface area contributed by atoms with Crippen LogP contribution < -0.4 is 9.62 Å². The number of benzene rings is 4. The second-order valence-electron chi connectivity index (χ2n) is 9.96. The quantitative estimate of drug-likeness (QED) is 0.194. The van der Waals surface area contributed by atoms with Crippen molar-refractivity contribution in [1.82, 2.24) is 10.2 Å². The summed E-state index contributed by atoms with van der Waals surface area (Å²) in [6.45, 7) is -1.11. The van der Waals surface area contributed by atoms with Gasteiger partial charge in [0.15, 0.2) is 0 Å². The predicted molar refractivity (Wildman–Crippen MR) is 167 cm³/mol. The number of nitrogens with zero attached hydrogens (tertiary/aromatic N) is 2. The van der Waals surface area contributed by atoms with Crippen LogP contribution in [0.2, 0.25) is 10.0 Å². The van der Waals surface area contributed by atoms with Gasteiger partial charge in [0.2, 0.25) is 11.8 Å². The maximum Gasteiger partial charge on any atom is 0.416 e. The molecule has 0 bridgehead atoms. The van der Waals surface area contributed by atoms with Crippen molar-refractivity contribution in [2.24, 2.45) is 0 Å². The van der Waals surface area contributed by atoms with Crippen LogP contribution in [-0.2, 0) is 38.8 Å². The van der Waals surface area contributed by atoms with Gasteiger partial charge in [-0.3, -0.25) is 13.9 Å². The lowest BCUT2D eigenvalue weighted by molar-refractivity contribution is -0.139. The van der Waals surface area contributed by atoms with Crippen LogP contribution in [-0.4, -0.2) is 44.8 Å². The van der Waals surface area contributed by atoms with E-state index in [2.05, 4.69) is 5.32 Å². The Morgan fingerprint density at radius 2 is 1.44 bits per heavy atom. The van der Waals surface area contributed by atoms with E-state index in [1.54, 1.807) is 60.7 Å². The number of hydrogen-bond donors (Lipinski definition) is 1. The molecule has 0 radical (unpaired) electrons. The van der Waals surface area contributed by atoms with Gasteiger partial charge in [0, 0.05) is 25.0 Å². The van der Waals surface area contributed by atoms with Crippen LogP contribution in [0.5, 0.6) is 0 Å². The van der Waals surface area contributed by atoms with Crippen molar-refractivity contribution < 1.29 is 31.2 Å². The maximum atomic E-state index is 14.3. The Morgan fingerprint density at radius 3 is 2.02 bits per heavy atom. The summed E-state index contributed by atoms with van der Waals surface area (Å²) in [7, 11) is -3.24. The second kappa shape index (κ2) is 14.4. The smallest absolute Gasteiger partial charge is 0.357 e. The number of alkyl halides is 3. The zero-order valence-electron chi connectivity index (χ0n) is 23.8. The summed E-state index contributed by atoms with van der Waals surface area (Å²) < 4.78 is 69.7. The normalized spacial score (nSPS) is 12.3. The molecule has 0 aliphatic carbocycles. The molecular formula is C32H28Cl2F3N3O4S. The SMILES string of the molecule is CNC(=O)C(Cc1ccccc1)N(Cc1ccc(Cl)cc1)C(=O)CN(c1cc(C(F)(F)F)ccc1Cl)S(=O)(=O)c1ccccc1. The Labute approximate surface area is 269 Å². The van der Waals surface area contributed by atoms with Crippen LogP contribution in [0, 0.1) is 0 Å². The van der Waals surface area contributed by atoms with Crippen LogP contribution in [0.4, 0.5) is 18.9 Å². The summed E-state index contributed by atoms with van der Waals surface area (Å²) in [5.41, 5.74) is -0.415. The Kier molecular flexibility index (Phi) is 10.8. The molecule has 0 saturated heterocycles. The molecule has 236 valence electrons. The fourth-order valence-corrected chi connectivity index (χ4v) is 6.46. The van der Waals surface area contributed by atoms with E-state index in [0.29, 0.717) is 21.0 Å². The van der Waals surface area contributed by atoms with Gasteiger partial charge in [0.25, 0.3) is 10.0 Å². The van der Waals surface area contributed by atoms with E-state index < -0.39 is 51.9 Å². The molecule has 0 saturated carbocycles. The van der Waals surface area contributed by atoms with E-state index in [9.17, 15) is 31.2 Å². The number of amides is 2. The van der Waals surface area contributed by atoms with Gasteiger partial charge in [-0.15, -0.1) is 0 Å². The number of likely N-dealkylation sites (N-methyl/N-ethyl adjacent to an activating group) is 1. The van der Waals surface area contributed by atoms with Crippen molar-refractivity contribution in [2.75, 3.05) is 17.9 Å². The van der Waals surface area contributed by atoms with Crippen LogP contribution in [0.25, 0.3) is 0 Å². The molecule has 0 spiro atoms. The summed E-state index contributed by atoms with van der Waals surface area (Å²) in [5, 5.41) is 2.66. The highest BCUT2D eigenvalue weighted by molar-refractivity contribution is 7.92. The second-order valence-corrected chi connectivity index (χ2v) is 12.7. The van der Waals surface area contributed by atoms with Crippen molar-refractivity contribution in [3.8, 4) is 0 Å². The number of carbonyl (C=O) groups excluding carboxylic acids is 2. The van der Waals surface area contributed by atoms with Crippen LogP contribution in [0.1, 0.15) is 16.7 Å². The van der Waals surface area contributed by atoms with Gasteiger partial charge in [-0.1, -0.05) is 83.9 Å². The lowest BCUT2D eigenvalue weighted by atomic mass is 10.0. The monoisotopic (exact) mass is 677 g/mol. The van der Waals surface area contributed by atoms with E-state index in [-0.39, 0.29) is 22.9 Å². The van der Waals surface area contributed by atoms with Gasteiger partial charge < -0.3 is 10.2 Å². The molecule has 13 heteroatoms. The molecule has 1 atom stereocenters. The number of hydrogen-bond acceptors (Lipinski definition) is 4. The number of nitrogens with one attached hydrogen (secondary N) is 1. The molecule has 4 aromatic rings. The molecule has 1 N–H and O–H groups in total. The highest BCUT2D eigenvalue weighted by Gasteiger charge is 2.37. The van der Waals surface area contributed by atoms with Gasteiger partial charge in [-0.25, -0.2) is 8.42 Å². The molecule has 1 unspecified atom stereocenters. The van der Waals surface area contributed by atoms with Crippen LogP contribution in [0.3, 0.4) is 0 Å². The van der Waals surface area contributed by atoms with Crippen molar-refractivity contribution >= 4 is 50.7 Å². The zero-order valence-corrected chi connectivity index (χ0v) is 26.2. The van der Waals surface area contributed by atoms with Gasteiger partial charge in [0.1, 0.15) is 12.6 Å². The average molecular weight is 679 g/mol. The number of rotatable bonds is 11. The van der Waals surface area contributed by atoms with E-state index in [4.69, 9.17) is 23.2 Å². The fraction of sp³-hybridized carbons (Fsp3) is 0.188. The van der Waals surface area contributed by atoms with E-state index in [0.717, 1.165) is 17.7 Å². The summed E-state index contributed by atoms with van der Waals surface area (Å²) in [5.74, 6) is -1.39. The van der Waals surface area contributed by atoms with E-state index >= 15 is 0 Å². The minimum absolute atomic E-state index is 0.0651. The molecule has 0 aromatic heterocycles. The third kappa shape index (κ3) is 8.36. The summed E-state index contributed by atoms with van der Waals surface area (Å²) >= 11 is 12.4. The first-order chi connectivity index (χ1) is 21.3. The Balaban J connectivity index is 1.85. The minimum atomic E-state index is -4.83. The van der Waals surface area contributed by atoms with Crippen molar-refractivity contribution in [3.05, 3.63) is 130 Å². The molecule has 0 aliphatic heterocycles. The number of halogens is 5. The maximum absolute atomic E-state index is 14.3. The molecule has 7 nitrogen and oxygen atoms in total. The standard InChI is InChI=1S/C32H28Cl2F3N3O4S/c1-38-31(42)29(18-22-8-4-2-5-9-22)39(20-23-12-15-25(33)16-13-23)30(41)21-40(45(43,44)26-10-6-3-7-11-26)28-19-24(32(35,36)37)14-17-27(28)34/h2-17,19,29H,18,20-21H2,1H3,(H,38,42). The molecular weight excluding hydrogens is 650 g/mol. The molecule has 0 aliphatic rings. The van der Waals surface area contributed by atoms with Gasteiger partial charge in [-0.2, -0.15) is 13.2 Å². The summed E-state index contributed by atoms with van der Waals surface area (Å²) in [6.07, 6.45) is -4.76. The predicted octanol–water partition coefficient (Wildman–Crippen LogP) is 6.59. The Morgan fingerprint density at radius 1 is 0.844 bits per heavy atom. The molecule has 2 amide bonds. The first-order valence-electron chi connectivity index (χ1n) is 13.5. The van der Waals surface area contributed by atoms with E-state index in [1.807, 2.05) is 0 Å². The van der Waals surface area contributed by atoms with Crippen molar-refractivity contribution in [3.63, 3.8) is 0 Å². The van der Waals surface area contributed by atoms with Gasteiger partial charge >= 0.3 is 6.18 Å². The zero-order chi connectivity index (χ0) is 32.8. The van der Waals surface area contributed by atoms with Crippen LogP contribution in [0.15, 0.2) is 108 Å². The topological polar surface area (TPSA) is 86.8 Å². The average Bonchev–Trinajstić information content (AvgIpc) is 3.02. The summed E-state index contributed by atoms with van der Waals surface area (Å²) in [6, 6.07) is 23.4. The van der Waals surface area contributed by atoms with Crippen LogP contribution >= 0.6 is 23.2 Å². The first-order valence-corrected chi connectivity index (χ1v) is 15.7. The van der Waals surface area contributed by atoms with Crippen molar-refractivity contribution in [2.45, 2.75) is 30.1 Å². The number of carbonyl (C=O) groups is 2. The number of anilines is 1. The van der Waals surface area contributed by atoms with Gasteiger partial charge in [0.05, 0.1) is 21.2 Å². The lowest BCUT2D eigenvalue weighted by Crippen LogP contribution is -2.53. The molecule has 0 heterocycles. The fourth-order valence-electron chi connectivity index (χ4n) is 4.62. The minimum Gasteiger partial charge on any atom is -0.357 e. The molecule has 45 heavy (non-hydrogen) atoms. The molecule has 0 fully saturated rings. The highest BCUT2D eigenvalue weighted by atomic mass is 35.5. The Hall–Kier alpha value is -4.06. The third-order valence-electron chi connectivity index (χ3n) is 6.94. The lowest BCUT2D eigenvalue weighted by Gasteiger charge is -2.34. The van der Waals surface area contributed by atoms with Gasteiger partial charge in [-0.05, 0) is 53.6 Å². The third-order valence-corrected chi connectivity index (χ3v) is 9.28. The van der Waals surface area contributed by atoms with E-state index in [1.165, 1.54) is 36.2 Å². The van der Waals surface area contributed by atoms with Crippen molar-refractivity contribution in [1.29, 1.82) is 0 Å². The highest BCUT2D eigenvalue weighted by Crippen LogP contribution is 2.37. The Bertz CT molecular complexity index is 1740. The molecule has 4 rings (SSSR count). The molecule has 4 aromatic carbocycles. The largest absolute Gasteiger partial charge is 0.416 e. The number of sulfonamides is 1. The summed E-state index contributed by atoms with van der Waals surface area (Å²) in [4.78, 5) is 28.5.